The van der Waals surface area contributed by atoms with Crippen molar-refractivity contribution in [1.82, 2.24) is 0 Å². The maximum absolute atomic E-state index is 6.59. The molecule has 0 radical (unpaired) electrons. The van der Waals surface area contributed by atoms with Gasteiger partial charge in [0.2, 0.25) is 0 Å². The molecular formula is C23H33BO2. The Morgan fingerprint density at radius 3 is 2.00 bits per heavy atom. The van der Waals surface area contributed by atoms with Gasteiger partial charge in [-0.25, -0.2) is 0 Å². The van der Waals surface area contributed by atoms with Crippen LogP contribution in [0.4, 0.5) is 0 Å². The zero-order chi connectivity index (χ0) is 18.2. The van der Waals surface area contributed by atoms with Gasteiger partial charge in [-0.1, -0.05) is 62.4 Å². The van der Waals surface area contributed by atoms with Crippen LogP contribution in [0, 0.1) is 11.8 Å². The van der Waals surface area contributed by atoms with Crippen LogP contribution < -0.4 is 0 Å². The molecule has 4 aliphatic carbocycles. The van der Waals surface area contributed by atoms with Crippen molar-refractivity contribution in [3.63, 3.8) is 0 Å². The summed E-state index contributed by atoms with van der Waals surface area (Å²) in [7, 11) is -0.0231. The molecule has 1 aromatic carbocycles. The molecule has 1 aromatic rings. The predicted octanol–water partition coefficient (Wildman–Crippen LogP) is 5.76. The fraction of sp³-hybridized carbons (Fsp3) is 0.739. The van der Waals surface area contributed by atoms with Crippen LogP contribution in [0.2, 0.25) is 5.31 Å². The Morgan fingerprint density at radius 1 is 0.846 bits per heavy atom. The molecule has 0 aromatic heterocycles. The Labute approximate surface area is 159 Å². The summed E-state index contributed by atoms with van der Waals surface area (Å²) in [4.78, 5) is 0. The highest BCUT2D eigenvalue weighted by Gasteiger charge is 2.83. The van der Waals surface area contributed by atoms with E-state index in [4.69, 9.17) is 9.31 Å². The quantitative estimate of drug-likeness (QED) is 0.644. The smallest absolute Gasteiger partial charge is 0.403 e. The first-order valence-electron chi connectivity index (χ1n) is 10.7. The Bertz CT molecular complexity index is 667. The van der Waals surface area contributed by atoms with Crippen molar-refractivity contribution in [3.05, 3.63) is 35.9 Å². The van der Waals surface area contributed by atoms with Crippen LogP contribution in [0.1, 0.15) is 78.2 Å². The standard InChI is InChI=1S/C23H33BO2/c1-20(2)21(3,4)26-24(25-20)23-15-22(16-23,18-13-9-6-10-14-18)19(23)17-11-7-5-8-12-17/h6,9-10,13-14,17,19H,5,7-8,11-12,15-16H2,1-4H3. The molecule has 1 aliphatic heterocycles. The van der Waals surface area contributed by atoms with E-state index in [1.807, 2.05) is 0 Å². The molecule has 0 N–H and O–H groups in total. The minimum absolute atomic E-state index is 0.0231. The number of hydrogen-bond acceptors (Lipinski definition) is 2. The lowest BCUT2D eigenvalue weighted by atomic mass is 9.16. The van der Waals surface area contributed by atoms with Crippen LogP contribution in [0.3, 0.4) is 0 Å². The molecule has 1 saturated heterocycles. The molecule has 5 fully saturated rings. The van der Waals surface area contributed by atoms with Crippen molar-refractivity contribution in [2.75, 3.05) is 0 Å². The van der Waals surface area contributed by atoms with Crippen molar-refractivity contribution in [3.8, 4) is 0 Å². The molecule has 5 aliphatic rings. The largest absolute Gasteiger partial charge is 0.464 e. The zero-order valence-corrected chi connectivity index (χ0v) is 16.9. The van der Waals surface area contributed by atoms with E-state index >= 15 is 0 Å². The lowest BCUT2D eigenvalue weighted by Crippen LogP contribution is -2.75. The molecule has 1 atom stereocenters. The van der Waals surface area contributed by atoms with Gasteiger partial charge >= 0.3 is 7.12 Å². The molecule has 2 nitrogen and oxygen atoms in total. The van der Waals surface area contributed by atoms with Crippen molar-refractivity contribution >= 4 is 7.12 Å². The van der Waals surface area contributed by atoms with Crippen LogP contribution in [0.5, 0.6) is 0 Å². The van der Waals surface area contributed by atoms with E-state index in [-0.39, 0.29) is 23.6 Å². The van der Waals surface area contributed by atoms with Gasteiger partial charge in [-0.05, 0) is 63.4 Å². The number of rotatable bonds is 3. The fourth-order valence-electron chi connectivity index (χ4n) is 6.78. The summed E-state index contributed by atoms with van der Waals surface area (Å²) >= 11 is 0. The SMILES string of the molecule is CC1(C)OB(C23CC(c4ccccc4)(C2)C3C2CCCCC2)OC1(C)C. The Balaban J connectivity index is 1.47. The van der Waals surface area contributed by atoms with E-state index in [0.29, 0.717) is 5.41 Å². The monoisotopic (exact) mass is 352 g/mol. The van der Waals surface area contributed by atoms with Gasteiger partial charge in [0.15, 0.2) is 0 Å². The second-order valence-corrected chi connectivity index (χ2v) is 10.6. The second kappa shape index (κ2) is 5.38. The average Bonchev–Trinajstić information content (AvgIpc) is 2.75. The Morgan fingerprint density at radius 2 is 1.42 bits per heavy atom. The number of hydrogen-bond donors (Lipinski definition) is 0. The zero-order valence-electron chi connectivity index (χ0n) is 16.9. The predicted molar refractivity (Wildman–Crippen MR) is 106 cm³/mol. The molecule has 0 spiro atoms. The highest BCUT2D eigenvalue weighted by atomic mass is 16.7. The lowest BCUT2D eigenvalue weighted by Gasteiger charge is -2.79. The van der Waals surface area contributed by atoms with E-state index in [0.717, 1.165) is 11.8 Å². The molecule has 1 unspecified atom stereocenters. The normalized spacial score (nSPS) is 40.8. The van der Waals surface area contributed by atoms with Crippen molar-refractivity contribution in [2.45, 2.75) is 94.6 Å². The van der Waals surface area contributed by atoms with Crippen LogP contribution in [-0.2, 0) is 14.7 Å². The van der Waals surface area contributed by atoms with E-state index in [1.54, 1.807) is 5.56 Å². The summed E-state index contributed by atoms with van der Waals surface area (Å²) < 4.78 is 13.2. The minimum Gasteiger partial charge on any atom is -0.403 e. The van der Waals surface area contributed by atoms with E-state index < -0.39 is 0 Å². The fourth-order valence-corrected chi connectivity index (χ4v) is 6.78. The topological polar surface area (TPSA) is 18.5 Å². The molecular weight excluding hydrogens is 319 g/mol. The third kappa shape index (κ3) is 2.08. The van der Waals surface area contributed by atoms with Gasteiger partial charge in [0, 0.05) is 5.31 Å². The molecule has 6 rings (SSSR count). The molecule has 0 amide bonds. The molecule has 140 valence electrons. The van der Waals surface area contributed by atoms with E-state index in [2.05, 4.69) is 58.0 Å². The van der Waals surface area contributed by atoms with Gasteiger partial charge in [-0.15, -0.1) is 0 Å². The van der Waals surface area contributed by atoms with Crippen LogP contribution in [-0.4, -0.2) is 18.3 Å². The highest BCUT2D eigenvalue weighted by Crippen LogP contribution is 2.86. The van der Waals surface area contributed by atoms with Gasteiger partial charge in [0.05, 0.1) is 11.2 Å². The van der Waals surface area contributed by atoms with Crippen molar-refractivity contribution < 1.29 is 9.31 Å². The maximum Gasteiger partial charge on any atom is 0.464 e. The molecule has 3 heteroatoms. The summed E-state index contributed by atoms with van der Waals surface area (Å²) in [5, 5.41) is 0.253. The summed E-state index contributed by atoms with van der Waals surface area (Å²) in [5.41, 5.74) is 1.52. The summed E-state index contributed by atoms with van der Waals surface area (Å²) in [5.74, 6) is 1.60. The molecule has 1 heterocycles. The van der Waals surface area contributed by atoms with Gasteiger partial charge in [0.1, 0.15) is 0 Å². The van der Waals surface area contributed by atoms with Crippen molar-refractivity contribution in [2.24, 2.45) is 11.8 Å². The van der Waals surface area contributed by atoms with Gasteiger partial charge < -0.3 is 9.31 Å². The van der Waals surface area contributed by atoms with Crippen LogP contribution >= 0.6 is 0 Å². The highest BCUT2D eigenvalue weighted by molar-refractivity contribution is 6.51. The number of benzene rings is 1. The maximum atomic E-state index is 6.59. The third-order valence-corrected chi connectivity index (χ3v) is 8.70. The van der Waals surface area contributed by atoms with E-state index in [9.17, 15) is 0 Å². The van der Waals surface area contributed by atoms with Crippen molar-refractivity contribution in [1.29, 1.82) is 0 Å². The molecule has 26 heavy (non-hydrogen) atoms. The Hall–Kier alpha value is -0.795. The second-order valence-electron chi connectivity index (χ2n) is 10.6. The average molecular weight is 352 g/mol. The summed E-state index contributed by atoms with van der Waals surface area (Å²) in [6, 6.07) is 11.3. The summed E-state index contributed by atoms with van der Waals surface area (Å²) in [6.45, 7) is 8.78. The summed E-state index contributed by atoms with van der Waals surface area (Å²) in [6.07, 6.45) is 9.55. The van der Waals surface area contributed by atoms with Gasteiger partial charge in [-0.2, -0.15) is 0 Å². The minimum atomic E-state index is -0.218. The van der Waals surface area contributed by atoms with Gasteiger partial charge in [-0.3, -0.25) is 0 Å². The first-order chi connectivity index (χ1) is 12.3. The van der Waals surface area contributed by atoms with Crippen LogP contribution in [0.25, 0.3) is 0 Å². The van der Waals surface area contributed by atoms with E-state index in [1.165, 1.54) is 44.9 Å². The molecule has 4 saturated carbocycles. The molecule has 2 bridgehead atoms. The first kappa shape index (κ1) is 17.3. The lowest BCUT2D eigenvalue weighted by molar-refractivity contribution is -0.159. The van der Waals surface area contributed by atoms with Gasteiger partial charge in [0.25, 0.3) is 0 Å². The Kier molecular flexibility index (Phi) is 3.58. The third-order valence-electron chi connectivity index (χ3n) is 8.70. The van der Waals surface area contributed by atoms with Crippen LogP contribution in [0.15, 0.2) is 30.3 Å². The first-order valence-corrected chi connectivity index (χ1v) is 10.7.